The summed E-state index contributed by atoms with van der Waals surface area (Å²) in [6.45, 7) is 10.7. The van der Waals surface area contributed by atoms with Gasteiger partial charge in [-0.15, -0.1) is 0 Å². The second kappa shape index (κ2) is 14.4. The van der Waals surface area contributed by atoms with E-state index in [1.165, 1.54) is 11.1 Å². The zero-order valence-corrected chi connectivity index (χ0v) is 28.7. The molecule has 2 fully saturated rings. The SMILES string of the molecule is CC(C)(C)NC(=O)N[C@H](C(=O)N1C[C@H](Oc2ccc(Cl)cn2)C[C@H]1C(=O)CC(CC1CCC1)C(=O)c1nc(C(F)(F)F)co1)C(C)(C)C. The fourth-order valence-electron chi connectivity index (χ4n) is 5.84. The number of amides is 3. The first-order valence-electron chi connectivity index (χ1n) is 16.0. The average Bonchev–Trinajstić information content (AvgIpc) is 3.60. The van der Waals surface area contributed by atoms with Crippen LogP contribution in [0.1, 0.15) is 96.4 Å². The number of hydrogen-bond donors (Lipinski definition) is 2. The first-order valence-corrected chi connectivity index (χ1v) is 16.4. The van der Waals surface area contributed by atoms with Gasteiger partial charge in [0.15, 0.2) is 11.5 Å². The molecule has 0 radical (unpaired) electrons. The monoisotopic (exact) mass is 697 g/mol. The quantitative estimate of drug-likeness (QED) is 0.262. The van der Waals surface area contributed by atoms with Gasteiger partial charge in [-0.3, -0.25) is 14.4 Å². The van der Waals surface area contributed by atoms with E-state index in [-0.39, 0.29) is 37.6 Å². The Morgan fingerprint density at radius 3 is 2.31 bits per heavy atom. The van der Waals surface area contributed by atoms with Gasteiger partial charge < -0.3 is 24.7 Å². The highest BCUT2D eigenvalue weighted by Crippen LogP contribution is 2.37. The van der Waals surface area contributed by atoms with Crippen molar-refractivity contribution in [2.24, 2.45) is 17.3 Å². The maximum Gasteiger partial charge on any atom is 0.436 e. The predicted octanol–water partition coefficient (Wildman–Crippen LogP) is 6.25. The molecule has 11 nitrogen and oxygen atoms in total. The maximum absolute atomic E-state index is 14.3. The van der Waals surface area contributed by atoms with Crippen molar-refractivity contribution in [1.82, 2.24) is 25.5 Å². The molecule has 4 atom stereocenters. The molecule has 2 aromatic heterocycles. The summed E-state index contributed by atoms with van der Waals surface area (Å²) in [4.78, 5) is 63.7. The van der Waals surface area contributed by atoms with Crippen LogP contribution < -0.4 is 15.4 Å². The molecule has 48 heavy (non-hydrogen) atoms. The van der Waals surface area contributed by atoms with Gasteiger partial charge in [0.05, 0.1) is 17.6 Å². The molecule has 1 saturated heterocycles. The van der Waals surface area contributed by atoms with Crippen molar-refractivity contribution in [2.75, 3.05) is 6.54 Å². The number of ether oxygens (including phenoxy) is 1. The lowest BCUT2D eigenvalue weighted by Crippen LogP contribution is -2.60. The number of ketones is 2. The zero-order chi connectivity index (χ0) is 35.6. The fraction of sp³-hybridized carbons (Fsp3) is 0.636. The van der Waals surface area contributed by atoms with Crippen LogP contribution >= 0.6 is 11.6 Å². The number of alkyl halides is 3. The lowest BCUT2D eigenvalue weighted by Gasteiger charge is -2.36. The molecule has 2 N–H and O–H groups in total. The van der Waals surface area contributed by atoms with E-state index >= 15 is 0 Å². The van der Waals surface area contributed by atoms with Gasteiger partial charge in [0.2, 0.25) is 17.6 Å². The molecule has 1 saturated carbocycles. The van der Waals surface area contributed by atoms with Crippen LogP contribution in [-0.2, 0) is 15.8 Å². The predicted molar refractivity (Wildman–Crippen MR) is 169 cm³/mol. The van der Waals surface area contributed by atoms with E-state index in [0.717, 1.165) is 19.3 Å². The topological polar surface area (TPSA) is 144 Å². The molecule has 2 aromatic rings. The molecular weight excluding hydrogens is 655 g/mol. The number of nitrogens with one attached hydrogen (secondary N) is 2. The van der Waals surface area contributed by atoms with Crippen LogP contribution in [0.2, 0.25) is 5.02 Å². The smallest absolute Gasteiger partial charge is 0.436 e. The molecule has 3 heterocycles. The minimum absolute atomic E-state index is 0.0232. The second-order valence-electron chi connectivity index (χ2n) is 14.7. The average molecular weight is 698 g/mol. The summed E-state index contributed by atoms with van der Waals surface area (Å²) in [5.74, 6) is -3.17. The van der Waals surface area contributed by atoms with Crippen LogP contribution in [0.25, 0.3) is 0 Å². The Balaban J connectivity index is 1.61. The molecule has 0 bridgehead atoms. The van der Waals surface area contributed by atoms with Crippen molar-refractivity contribution in [3.05, 3.63) is 41.2 Å². The van der Waals surface area contributed by atoms with Gasteiger partial charge in [0.25, 0.3) is 5.89 Å². The van der Waals surface area contributed by atoms with Gasteiger partial charge in [-0.25, -0.2) is 14.8 Å². The lowest BCUT2D eigenvalue weighted by molar-refractivity contribution is -0.141. The Labute approximate surface area is 282 Å². The molecule has 0 spiro atoms. The van der Waals surface area contributed by atoms with Gasteiger partial charge in [-0.1, -0.05) is 51.6 Å². The van der Waals surface area contributed by atoms with Crippen molar-refractivity contribution in [3.63, 3.8) is 0 Å². The highest BCUT2D eigenvalue weighted by atomic mass is 35.5. The Kier molecular flexibility index (Phi) is 11.2. The molecule has 3 amide bonds. The molecule has 1 aliphatic heterocycles. The number of likely N-dealkylation sites (tertiary alicyclic amines) is 1. The summed E-state index contributed by atoms with van der Waals surface area (Å²) in [6.07, 6.45) is -1.13. The van der Waals surface area contributed by atoms with Crippen molar-refractivity contribution < 1.29 is 41.5 Å². The highest BCUT2D eigenvalue weighted by molar-refractivity contribution is 6.30. The summed E-state index contributed by atoms with van der Waals surface area (Å²) in [7, 11) is 0. The number of carbonyl (C=O) groups is 4. The number of nitrogens with zero attached hydrogens (tertiary/aromatic N) is 3. The molecule has 15 heteroatoms. The third kappa shape index (κ3) is 9.70. The number of hydrogen-bond acceptors (Lipinski definition) is 8. The maximum atomic E-state index is 14.3. The summed E-state index contributed by atoms with van der Waals surface area (Å²) >= 11 is 5.96. The molecule has 4 rings (SSSR count). The summed E-state index contributed by atoms with van der Waals surface area (Å²) in [5, 5.41) is 5.95. The van der Waals surface area contributed by atoms with Crippen LogP contribution in [0.4, 0.5) is 18.0 Å². The summed E-state index contributed by atoms with van der Waals surface area (Å²) in [6, 6.07) is 0.466. The standard InChI is InChI=1S/C33H43ClF3N5O6/c1-31(2,3)27(40-30(46)41-32(4,5)6)29(45)42-16-21(48-25-11-10-20(34)15-38-25)14-22(42)23(43)13-19(12-18-8-7-9-18)26(44)28-39-24(17-47-28)33(35,36)37/h10-11,15,17-19,21-22,27H,7-9,12-14,16H2,1-6H3,(H2,40,41,46)/t19?,21-,22+,27-/m1/s1. The number of rotatable bonds is 11. The van der Waals surface area contributed by atoms with E-state index < -0.39 is 76.3 Å². The Hall–Kier alpha value is -3.68. The van der Waals surface area contributed by atoms with E-state index in [2.05, 4.69) is 20.6 Å². The lowest BCUT2D eigenvalue weighted by atomic mass is 9.76. The van der Waals surface area contributed by atoms with E-state index in [4.69, 9.17) is 20.8 Å². The van der Waals surface area contributed by atoms with Crippen LogP contribution in [0.5, 0.6) is 5.88 Å². The molecule has 1 unspecified atom stereocenters. The van der Waals surface area contributed by atoms with E-state index in [1.807, 2.05) is 0 Å². The van der Waals surface area contributed by atoms with Crippen LogP contribution in [0.15, 0.2) is 29.0 Å². The van der Waals surface area contributed by atoms with Crippen molar-refractivity contribution in [2.45, 2.75) is 110 Å². The number of aromatic nitrogens is 2. The van der Waals surface area contributed by atoms with Crippen molar-refractivity contribution in [1.29, 1.82) is 0 Å². The minimum Gasteiger partial charge on any atom is -0.472 e. The largest absolute Gasteiger partial charge is 0.472 e. The van der Waals surface area contributed by atoms with Crippen molar-refractivity contribution >= 4 is 35.1 Å². The summed E-state index contributed by atoms with van der Waals surface area (Å²) in [5.41, 5.74) is -2.70. The molecule has 264 valence electrons. The van der Waals surface area contributed by atoms with Gasteiger partial charge in [-0.2, -0.15) is 13.2 Å². The normalized spacial score (nSPS) is 20.1. The third-order valence-electron chi connectivity index (χ3n) is 8.45. The molecule has 0 aromatic carbocycles. The molecule has 1 aliphatic carbocycles. The van der Waals surface area contributed by atoms with Gasteiger partial charge >= 0.3 is 12.2 Å². The van der Waals surface area contributed by atoms with Gasteiger partial charge in [0.1, 0.15) is 18.4 Å². The molecular formula is C33H43ClF3N5O6. The number of pyridine rings is 1. The fourth-order valence-corrected chi connectivity index (χ4v) is 5.95. The number of halogens is 4. The second-order valence-corrected chi connectivity index (χ2v) is 15.2. The number of Topliss-reactive ketones (excluding diaryl/α,β-unsaturated/α-hetero) is 2. The van der Waals surface area contributed by atoms with Crippen molar-refractivity contribution in [3.8, 4) is 5.88 Å². The highest BCUT2D eigenvalue weighted by Gasteiger charge is 2.47. The third-order valence-corrected chi connectivity index (χ3v) is 8.67. The zero-order valence-electron chi connectivity index (χ0n) is 27.9. The van der Waals surface area contributed by atoms with E-state index in [0.29, 0.717) is 11.3 Å². The number of oxazole rings is 1. The van der Waals surface area contributed by atoms with E-state index in [9.17, 15) is 32.3 Å². The van der Waals surface area contributed by atoms with E-state index in [1.54, 1.807) is 53.7 Å². The van der Waals surface area contributed by atoms with Crippen LogP contribution in [0, 0.1) is 17.3 Å². The minimum atomic E-state index is -4.80. The Bertz CT molecular complexity index is 1480. The Morgan fingerprint density at radius 2 is 1.79 bits per heavy atom. The number of urea groups is 1. The van der Waals surface area contributed by atoms with Gasteiger partial charge in [-0.05, 0) is 44.6 Å². The first kappa shape index (κ1) is 37.1. The number of carbonyl (C=O) groups excluding carboxylic acids is 4. The first-order chi connectivity index (χ1) is 22.2. The summed E-state index contributed by atoms with van der Waals surface area (Å²) < 4.78 is 50.6. The Morgan fingerprint density at radius 1 is 1.10 bits per heavy atom. The van der Waals surface area contributed by atoms with Crippen LogP contribution in [-0.4, -0.2) is 68.6 Å². The van der Waals surface area contributed by atoms with Crippen LogP contribution in [0.3, 0.4) is 0 Å². The van der Waals surface area contributed by atoms with Gasteiger partial charge in [0, 0.05) is 36.6 Å². The molecule has 2 aliphatic rings.